The summed E-state index contributed by atoms with van der Waals surface area (Å²) in [5.74, 6) is 0.621. The van der Waals surface area contributed by atoms with Crippen LogP contribution >= 0.6 is 11.3 Å². The van der Waals surface area contributed by atoms with Crippen molar-refractivity contribution < 1.29 is 9.90 Å². The molecule has 2 saturated heterocycles. The number of carbonyl (C=O) groups is 1. The predicted molar refractivity (Wildman–Crippen MR) is 180 cm³/mol. The first kappa shape index (κ1) is 30.3. The number of thiophene rings is 1. The van der Waals surface area contributed by atoms with Gasteiger partial charge in [-0.1, -0.05) is 30.3 Å². The van der Waals surface area contributed by atoms with Crippen LogP contribution in [-0.2, 0) is 24.9 Å². The number of nitrogens with two attached hydrogens (primary N) is 1. The molecule has 5 aromatic rings. The Morgan fingerprint density at radius 2 is 1.87 bits per heavy atom. The minimum absolute atomic E-state index is 0.0740. The van der Waals surface area contributed by atoms with E-state index >= 15 is 0 Å². The van der Waals surface area contributed by atoms with Crippen molar-refractivity contribution in [1.29, 1.82) is 0 Å². The summed E-state index contributed by atoms with van der Waals surface area (Å²) in [6.07, 6.45) is 6.67. The Labute approximate surface area is 271 Å². The highest BCUT2D eigenvalue weighted by molar-refractivity contribution is 7.15. The smallest absolute Gasteiger partial charge is 0.262 e. The summed E-state index contributed by atoms with van der Waals surface area (Å²) in [7, 11) is 1.85. The van der Waals surface area contributed by atoms with E-state index in [0.717, 1.165) is 31.6 Å². The molecule has 238 valence electrons. The molecule has 1 amide bonds. The lowest BCUT2D eigenvalue weighted by Gasteiger charge is -2.43. The largest absolute Gasteiger partial charge is 0.388 e. The van der Waals surface area contributed by atoms with Crippen molar-refractivity contribution in [3.63, 3.8) is 0 Å². The van der Waals surface area contributed by atoms with E-state index in [0.29, 0.717) is 42.8 Å². The van der Waals surface area contributed by atoms with Gasteiger partial charge in [0.05, 0.1) is 17.5 Å². The van der Waals surface area contributed by atoms with Crippen molar-refractivity contribution in [1.82, 2.24) is 28.9 Å². The van der Waals surface area contributed by atoms with Crippen LogP contribution in [0.5, 0.6) is 0 Å². The first-order valence-corrected chi connectivity index (χ1v) is 16.7. The number of benzene rings is 1. The van der Waals surface area contributed by atoms with Gasteiger partial charge in [0.2, 0.25) is 5.91 Å². The van der Waals surface area contributed by atoms with E-state index in [-0.39, 0.29) is 29.8 Å². The number of hydrogen-bond donors (Lipinski definition) is 2. The van der Waals surface area contributed by atoms with Crippen molar-refractivity contribution in [2.75, 3.05) is 31.9 Å². The molecule has 6 heterocycles. The number of nitrogen functional groups attached to an aromatic ring is 1. The van der Waals surface area contributed by atoms with Gasteiger partial charge in [0.15, 0.2) is 0 Å². The molecule has 46 heavy (non-hydrogen) atoms. The molecule has 2 aliphatic heterocycles. The summed E-state index contributed by atoms with van der Waals surface area (Å²) < 4.78 is 3.32. The van der Waals surface area contributed by atoms with Gasteiger partial charge in [-0.05, 0) is 67.3 Å². The molecular formula is C35H39N7O3S. The number of hydrogen-bond acceptors (Lipinski definition) is 8. The SMILES string of the molecule is Cn1ccc2c(=O)n(CC3(O)CCN(C(=O)[C@@H]4CCN(Cc5ccc(-c6ccnc(N)c6)s5)C[C@H]4c4ccccc4)CC3)cnc21. The normalized spacial score (nSPS) is 20.3. The number of aliphatic hydroxyl groups is 1. The van der Waals surface area contributed by atoms with Crippen molar-refractivity contribution in [2.45, 2.75) is 43.9 Å². The zero-order valence-electron chi connectivity index (χ0n) is 26.0. The minimum Gasteiger partial charge on any atom is -0.388 e. The summed E-state index contributed by atoms with van der Waals surface area (Å²) >= 11 is 1.77. The maximum Gasteiger partial charge on any atom is 0.262 e. The van der Waals surface area contributed by atoms with Crippen molar-refractivity contribution in [3.8, 4) is 10.4 Å². The summed E-state index contributed by atoms with van der Waals surface area (Å²) in [4.78, 5) is 42.5. The number of fused-ring (bicyclic) bond motifs is 1. The summed E-state index contributed by atoms with van der Waals surface area (Å²) in [6.45, 7) is 3.55. The lowest BCUT2D eigenvalue weighted by atomic mass is 9.79. The standard InChI is InChI=1S/C35H39N7O3S/c1-39-15-10-28-32(39)38-23-42(34(28)44)22-35(45)12-17-41(18-13-35)33(43)27-11-16-40(21-29(27)24-5-3-2-4-6-24)20-26-7-8-30(46-26)25-9-14-37-31(36)19-25/h2-10,14-15,19,23,27,29,45H,11-13,16-18,20-22H2,1H3,(H2,36,37)/t27-,29+/m1/s1. The molecule has 2 aliphatic rings. The van der Waals surface area contributed by atoms with E-state index < -0.39 is 5.60 Å². The Bertz CT molecular complexity index is 1910. The fourth-order valence-electron chi connectivity index (χ4n) is 7.08. The molecule has 10 nitrogen and oxygen atoms in total. The van der Waals surface area contributed by atoms with Gasteiger partial charge in [0.1, 0.15) is 17.8 Å². The number of rotatable bonds is 7. The summed E-state index contributed by atoms with van der Waals surface area (Å²) in [5, 5.41) is 12.0. The molecule has 0 radical (unpaired) electrons. The monoisotopic (exact) mass is 637 g/mol. The van der Waals surface area contributed by atoms with E-state index in [2.05, 4.69) is 39.1 Å². The maximum absolute atomic E-state index is 14.1. The van der Waals surface area contributed by atoms with Gasteiger partial charge in [-0.15, -0.1) is 11.3 Å². The molecule has 3 N–H and O–H groups in total. The molecule has 0 saturated carbocycles. The van der Waals surface area contributed by atoms with E-state index in [1.54, 1.807) is 23.6 Å². The molecule has 2 fully saturated rings. The Morgan fingerprint density at radius 1 is 1.07 bits per heavy atom. The van der Waals surface area contributed by atoms with Crippen LogP contribution in [0, 0.1) is 5.92 Å². The van der Waals surface area contributed by atoms with Gasteiger partial charge in [-0.2, -0.15) is 0 Å². The highest BCUT2D eigenvalue weighted by Gasteiger charge is 2.41. The second kappa shape index (κ2) is 12.5. The molecule has 2 atom stereocenters. The van der Waals surface area contributed by atoms with Crippen LogP contribution in [0.25, 0.3) is 21.5 Å². The van der Waals surface area contributed by atoms with Crippen LogP contribution in [0.15, 0.2) is 84.2 Å². The Morgan fingerprint density at radius 3 is 2.65 bits per heavy atom. The van der Waals surface area contributed by atoms with Crippen molar-refractivity contribution in [2.24, 2.45) is 13.0 Å². The Balaban J connectivity index is 1.02. The number of likely N-dealkylation sites (tertiary alicyclic amines) is 2. The van der Waals surface area contributed by atoms with Crippen LogP contribution in [0.3, 0.4) is 0 Å². The number of aryl methyl sites for hydroxylation is 1. The highest BCUT2D eigenvalue weighted by atomic mass is 32.1. The van der Waals surface area contributed by atoms with Gasteiger partial charge < -0.3 is 20.3 Å². The van der Waals surface area contributed by atoms with Gasteiger partial charge in [0.25, 0.3) is 5.56 Å². The maximum atomic E-state index is 14.1. The summed E-state index contributed by atoms with van der Waals surface area (Å²) in [6, 6.07) is 20.4. The first-order valence-electron chi connectivity index (χ1n) is 15.9. The number of amides is 1. The van der Waals surface area contributed by atoms with Crippen LogP contribution < -0.4 is 11.3 Å². The highest BCUT2D eigenvalue weighted by Crippen LogP contribution is 2.37. The van der Waals surface area contributed by atoms with E-state index in [1.165, 1.54) is 26.2 Å². The van der Waals surface area contributed by atoms with Gasteiger partial charge in [-0.3, -0.25) is 19.1 Å². The van der Waals surface area contributed by atoms with Crippen LogP contribution in [0.1, 0.15) is 35.6 Å². The number of carbonyl (C=O) groups excluding carboxylic acids is 1. The minimum atomic E-state index is -1.07. The average molecular weight is 638 g/mol. The zero-order chi connectivity index (χ0) is 31.8. The fraction of sp³-hybridized carbons (Fsp3) is 0.371. The number of piperidine rings is 2. The number of aromatic nitrogens is 4. The molecule has 4 aromatic heterocycles. The second-order valence-electron chi connectivity index (χ2n) is 12.8. The van der Waals surface area contributed by atoms with Crippen molar-refractivity contribution in [3.05, 3.63) is 100 Å². The third-order valence-corrected chi connectivity index (χ3v) is 10.8. The number of nitrogens with zero attached hydrogens (tertiary/aromatic N) is 6. The molecule has 0 bridgehead atoms. The fourth-order valence-corrected chi connectivity index (χ4v) is 8.13. The molecule has 0 spiro atoms. The van der Waals surface area contributed by atoms with Crippen molar-refractivity contribution >= 4 is 34.1 Å². The number of anilines is 1. The van der Waals surface area contributed by atoms with Crippen LogP contribution in [0.4, 0.5) is 5.82 Å². The molecule has 1 aromatic carbocycles. The van der Waals surface area contributed by atoms with E-state index in [9.17, 15) is 14.7 Å². The molecule has 0 aliphatic carbocycles. The van der Waals surface area contributed by atoms with Crippen LogP contribution in [-0.4, -0.2) is 71.7 Å². The quantitative estimate of drug-likeness (QED) is 0.276. The third-order valence-electron chi connectivity index (χ3n) is 9.67. The lowest BCUT2D eigenvalue weighted by molar-refractivity contribution is -0.142. The predicted octanol–water partition coefficient (Wildman–Crippen LogP) is 4.10. The Hall–Kier alpha value is -4.32. The Kier molecular flexibility index (Phi) is 8.22. The van der Waals surface area contributed by atoms with Crippen LogP contribution in [0.2, 0.25) is 0 Å². The van der Waals surface area contributed by atoms with E-state index in [1.807, 2.05) is 53.0 Å². The van der Waals surface area contributed by atoms with Gasteiger partial charge in [0, 0.05) is 67.2 Å². The zero-order valence-corrected chi connectivity index (χ0v) is 26.8. The molecular weight excluding hydrogens is 598 g/mol. The lowest BCUT2D eigenvalue weighted by Crippen LogP contribution is -2.53. The molecule has 11 heteroatoms. The van der Waals surface area contributed by atoms with E-state index in [4.69, 9.17) is 5.73 Å². The van der Waals surface area contributed by atoms with Gasteiger partial charge in [-0.25, -0.2) is 9.97 Å². The molecule has 0 unspecified atom stereocenters. The van der Waals surface area contributed by atoms with Gasteiger partial charge >= 0.3 is 0 Å². The topological polar surface area (TPSA) is 123 Å². The average Bonchev–Trinajstić information content (AvgIpc) is 3.69. The number of pyridine rings is 1. The second-order valence-corrected chi connectivity index (χ2v) is 13.9. The first-order chi connectivity index (χ1) is 22.3. The summed E-state index contributed by atoms with van der Waals surface area (Å²) in [5.41, 5.74) is 7.56. The molecule has 7 rings (SSSR count). The third kappa shape index (κ3) is 6.10.